The maximum absolute atomic E-state index is 13.7. The third kappa shape index (κ3) is 4.80. The number of nitrogens with two attached hydrogens (primary N) is 1. The highest BCUT2D eigenvalue weighted by Gasteiger charge is 2.30. The Morgan fingerprint density at radius 2 is 1.97 bits per heavy atom. The Balaban J connectivity index is 1.78. The van der Waals surface area contributed by atoms with E-state index in [0.717, 1.165) is 5.82 Å². The average Bonchev–Trinajstić information content (AvgIpc) is 3.26. The molecule has 2 aromatic carbocycles. The highest BCUT2D eigenvalue weighted by Crippen LogP contribution is 2.28. The van der Waals surface area contributed by atoms with Crippen LogP contribution < -0.4 is 15.8 Å². The van der Waals surface area contributed by atoms with E-state index in [2.05, 4.69) is 10.3 Å². The molecule has 0 radical (unpaired) electrons. The number of allylic oxidation sites excluding steroid dienone is 1. The van der Waals surface area contributed by atoms with E-state index >= 15 is 0 Å². The summed E-state index contributed by atoms with van der Waals surface area (Å²) in [6.07, 6.45) is 1.83. The van der Waals surface area contributed by atoms with Crippen LogP contribution in [0.1, 0.15) is 30.0 Å². The number of benzene rings is 2. The number of anilines is 1. The molecule has 1 atom stereocenters. The number of rotatable bonds is 8. The van der Waals surface area contributed by atoms with Gasteiger partial charge in [0.1, 0.15) is 24.2 Å². The van der Waals surface area contributed by atoms with E-state index in [9.17, 15) is 9.59 Å². The SMILES string of the molecule is COc1cccc(NC(C(=O)C(N)=C(C(C)=O)c2ccccc2)c2cn3c(n2)COCC3)c1. The second kappa shape index (κ2) is 9.70. The second-order valence-electron chi connectivity index (χ2n) is 7.71. The van der Waals surface area contributed by atoms with Crippen molar-refractivity contribution >= 4 is 22.8 Å². The van der Waals surface area contributed by atoms with Gasteiger partial charge in [-0.15, -0.1) is 0 Å². The monoisotopic (exact) mass is 446 g/mol. The molecule has 1 aliphatic heterocycles. The Morgan fingerprint density at radius 1 is 1.18 bits per heavy atom. The van der Waals surface area contributed by atoms with Crippen LogP contribution in [0.4, 0.5) is 5.69 Å². The highest BCUT2D eigenvalue weighted by atomic mass is 16.5. The lowest BCUT2D eigenvalue weighted by atomic mass is 9.95. The molecule has 3 aromatic rings. The van der Waals surface area contributed by atoms with Gasteiger partial charge < -0.3 is 25.1 Å². The Labute approximate surface area is 192 Å². The van der Waals surface area contributed by atoms with Gasteiger partial charge in [0.05, 0.1) is 30.7 Å². The molecule has 2 heterocycles. The molecule has 1 unspecified atom stereocenters. The zero-order chi connectivity index (χ0) is 23.4. The fourth-order valence-corrected chi connectivity index (χ4v) is 3.84. The van der Waals surface area contributed by atoms with Crippen LogP contribution in [0.5, 0.6) is 5.75 Å². The predicted molar refractivity (Wildman–Crippen MR) is 124 cm³/mol. The van der Waals surface area contributed by atoms with Crippen LogP contribution in [0.2, 0.25) is 0 Å². The van der Waals surface area contributed by atoms with Crippen LogP contribution >= 0.6 is 0 Å². The van der Waals surface area contributed by atoms with Crippen LogP contribution in [0.15, 0.2) is 66.5 Å². The first-order valence-corrected chi connectivity index (χ1v) is 10.6. The predicted octanol–water partition coefficient (Wildman–Crippen LogP) is 3.10. The lowest BCUT2D eigenvalue weighted by molar-refractivity contribution is -0.117. The van der Waals surface area contributed by atoms with Crippen molar-refractivity contribution in [3.63, 3.8) is 0 Å². The topological polar surface area (TPSA) is 108 Å². The van der Waals surface area contributed by atoms with Crippen molar-refractivity contribution in [3.05, 3.63) is 83.6 Å². The van der Waals surface area contributed by atoms with Crippen molar-refractivity contribution in [2.24, 2.45) is 5.73 Å². The number of hydrogen-bond donors (Lipinski definition) is 2. The minimum Gasteiger partial charge on any atom is -0.497 e. The van der Waals surface area contributed by atoms with Crippen molar-refractivity contribution in [3.8, 4) is 5.75 Å². The summed E-state index contributed by atoms with van der Waals surface area (Å²) in [4.78, 5) is 30.8. The zero-order valence-corrected chi connectivity index (χ0v) is 18.6. The fourth-order valence-electron chi connectivity index (χ4n) is 3.84. The molecule has 0 saturated heterocycles. The number of methoxy groups -OCH3 is 1. The molecule has 1 aromatic heterocycles. The fraction of sp³-hybridized carbons (Fsp3) is 0.240. The first-order valence-electron chi connectivity index (χ1n) is 10.6. The van der Waals surface area contributed by atoms with Gasteiger partial charge in [0.2, 0.25) is 5.78 Å². The number of carbonyl (C=O) groups is 2. The maximum atomic E-state index is 13.7. The van der Waals surface area contributed by atoms with Crippen molar-refractivity contribution in [2.75, 3.05) is 19.0 Å². The van der Waals surface area contributed by atoms with Crippen LogP contribution in [0, 0.1) is 0 Å². The molecule has 0 aliphatic carbocycles. The number of nitrogens with zero attached hydrogens (tertiary/aromatic N) is 2. The van der Waals surface area contributed by atoms with Gasteiger partial charge in [-0.05, 0) is 24.6 Å². The van der Waals surface area contributed by atoms with Gasteiger partial charge in [-0.3, -0.25) is 9.59 Å². The summed E-state index contributed by atoms with van der Waals surface area (Å²) in [6, 6.07) is 15.3. The first-order chi connectivity index (χ1) is 16.0. The maximum Gasteiger partial charge on any atom is 0.207 e. The number of carbonyl (C=O) groups excluding carboxylic acids is 2. The van der Waals surface area contributed by atoms with E-state index in [0.29, 0.717) is 42.5 Å². The van der Waals surface area contributed by atoms with E-state index in [1.54, 1.807) is 37.4 Å². The molecule has 8 heteroatoms. The summed E-state index contributed by atoms with van der Waals surface area (Å²) in [5, 5.41) is 3.23. The quantitative estimate of drug-likeness (QED) is 0.512. The summed E-state index contributed by atoms with van der Waals surface area (Å²) in [5.41, 5.74) is 8.17. The number of ketones is 2. The van der Waals surface area contributed by atoms with Crippen molar-refractivity contribution in [1.82, 2.24) is 9.55 Å². The van der Waals surface area contributed by atoms with Gasteiger partial charge in [-0.1, -0.05) is 36.4 Å². The van der Waals surface area contributed by atoms with E-state index in [4.69, 9.17) is 15.2 Å². The summed E-state index contributed by atoms with van der Waals surface area (Å²) in [7, 11) is 1.57. The molecule has 170 valence electrons. The molecule has 0 fully saturated rings. The molecule has 33 heavy (non-hydrogen) atoms. The van der Waals surface area contributed by atoms with Crippen LogP contribution in [0.3, 0.4) is 0 Å². The molecular weight excluding hydrogens is 420 g/mol. The number of ether oxygens (including phenoxy) is 2. The standard InChI is InChI=1S/C25H26N4O4/c1-16(30)22(17-7-4-3-5-8-17)23(26)25(31)24(27-18-9-6-10-19(13-18)32-2)20-14-29-11-12-33-15-21(29)28-20/h3-10,13-14,24,27H,11-12,15,26H2,1-2H3. The molecule has 3 N–H and O–H groups in total. The number of aromatic nitrogens is 2. The molecule has 0 amide bonds. The second-order valence-corrected chi connectivity index (χ2v) is 7.71. The van der Waals surface area contributed by atoms with Gasteiger partial charge in [0, 0.05) is 24.5 Å². The summed E-state index contributed by atoms with van der Waals surface area (Å²) >= 11 is 0. The van der Waals surface area contributed by atoms with Crippen LogP contribution in [-0.2, 0) is 27.5 Å². The molecule has 1 aliphatic rings. The Hall–Kier alpha value is -3.91. The number of Topliss-reactive ketones (excluding diaryl/α,β-unsaturated/α-hetero) is 2. The lowest BCUT2D eigenvalue weighted by Crippen LogP contribution is -2.28. The third-order valence-corrected chi connectivity index (χ3v) is 5.47. The van der Waals surface area contributed by atoms with Gasteiger partial charge in [-0.2, -0.15) is 0 Å². The molecular formula is C25H26N4O4. The lowest BCUT2D eigenvalue weighted by Gasteiger charge is -2.19. The Bertz CT molecular complexity index is 1180. The van der Waals surface area contributed by atoms with E-state index < -0.39 is 11.8 Å². The Kier molecular flexibility index (Phi) is 6.55. The Morgan fingerprint density at radius 3 is 2.67 bits per heavy atom. The normalized spacial score (nSPS) is 14.6. The number of nitrogens with one attached hydrogen (secondary N) is 1. The molecule has 8 nitrogen and oxygen atoms in total. The minimum atomic E-state index is -0.909. The van der Waals surface area contributed by atoms with Crippen molar-refractivity contribution in [1.29, 1.82) is 0 Å². The van der Waals surface area contributed by atoms with E-state index in [1.807, 2.05) is 35.0 Å². The smallest absolute Gasteiger partial charge is 0.207 e. The van der Waals surface area contributed by atoms with Crippen LogP contribution in [0.25, 0.3) is 5.57 Å². The number of imidazole rings is 1. The van der Waals surface area contributed by atoms with Crippen molar-refractivity contribution in [2.45, 2.75) is 26.1 Å². The van der Waals surface area contributed by atoms with Gasteiger partial charge >= 0.3 is 0 Å². The zero-order valence-electron chi connectivity index (χ0n) is 18.6. The molecule has 0 spiro atoms. The van der Waals surface area contributed by atoms with Gasteiger partial charge in [0.15, 0.2) is 5.78 Å². The van der Waals surface area contributed by atoms with E-state index in [-0.39, 0.29) is 17.1 Å². The summed E-state index contributed by atoms with van der Waals surface area (Å²) in [6.45, 7) is 3.00. The number of fused-ring (bicyclic) bond motifs is 1. The molecule has 4 rings (SSSR count). The third-order valence-electron chi connectivity index (χ3n) is 5.47. The molecule has 0 saturated carbocycles. The minimum absolute atomic E-state index is 0.115. The van der Waals surface area contributed by atoms with Crippen LogP contribution in [-0.4, -0.2) is 34.8 Å². The summed E-state index contributed by atoms with van der Waals surface area (Å²) < 4.78 is 12.8. The molecule has 0 bridgehead atoms. The van der Waals surface area contributed by atoms with Crippen molar-refractivity contribution < 1.29 is 19.1 Å². The highest BCUT2D eigenvalue weighted by molar-refractivity contribution is 6.26. The first kappa shape index (κ1) is 22.3. The van der Waals surface area contributed by atoms with Gasteiger partial charge in [-0.25, -0.2) is 4.98 Å². The van der Waals surface area contributed by atoms with E-state index in [1.165, 1.54) is 6.92 Å². The summed E-state index contributed by atoms with van der Waals surface area (Å²) in [5.74, 6) is 0.646. The largest absolute Gasteiger partial charge is 0.497 e. The van der Waals surface area contributed by atoms with Gasteiger partial charge in [0.25, 0.3) is 0 Å². The number of hydrogen-bond acceptors (Lipinski definition) is 7. The average molecular weight is 447 g/mol.